The van der Waals surface area contributed by atoms with Crippen molar-refractivity contribution < 1.29 is 4.74 Å². The van der Waals surface area contributed by atoms with Crippen LogP contribution in [0.3, 0.4) is 0 Å². The monoisotopic (exact) mass is 509 g/mol. The molecule has 4 heterocycles. The van der Waals surface area contributed by atoms with Crippen molar-refractivity contribution in [2.24, 2.45) is 0 Å². The molecule has 0 radical (unpaired) electrons. The molecule has 7 heteroatoms. The minimum absolute atomic E-state index is 0.0757. The summed E-state index contributed by atoms with van der Waals surface area (Å²) < 4.78 is 7.80. The van der Waals surface area contributed by atoms with Crippen LogP contribution in [0.15, 0.2) is 85.2 Å². The van der Waals surface area contributed by atoms with Crippen LogP contribution < -0.4 is 15.1 Å². The van der Waals surface area contributed by atoms with Gasteiger partial charge in [-0.15, -0.1) is 0 Å². The molecule has 2 aliphatic heterocycles. The quantitative estimate of drug-likeness (QED) is 0.358. The lowest BCUT2D eigenvalue weighted by atomic mass is 10.0. The lowest BCUT2D eigenvalue weighted by molar-refractivity contribution is 0.122. The SMILES string of the molecule is Cc1ccc(-n2cccc2[C@@H]2[C@H](c3ccccn3)NC(=S)N2c2ccc(N3CCOCC3)cc2)cc1C. The molecule has 4 aromatic rings. The van der Waals surface area contributed by atoms with Gasteiger partial charge in [0.25, 0.3) is 0 Å². The van der Waals surface area contributed by atoms with E-state index in [0.29, 0.717) is 5.11 Å². The molecule has 2 atom stereocenters. The molecule has 2 aliphatic rings. The average Bonchev–Trinajstić information content (AvgIpc) is 3.56. The van der Waals surface area contributed by atoms with Crippen molar-refractivity contribution >= 4 is 28.7 Å². The number of rotatable bonds is 5. The highest BCUT2D eigenvalue weighted by Gasteiger charge is 2.42. The van der Waals surface area contributed by atoms with E-state index >= 15 is 0 Å². The Morgan fingerprint density at radius 3 is 2.35 bits per heavy atom. The summed E-state index contributed by atoms with van der Waals surface area (Å²) in [7, 11) is 0. The van der Waals surface area contributed by atoms with Gasteiger partial charge in [-0.25, -0.2) is 0 Å². The zero-order valence-corrected chi connectivity index (χ0v) is 22.0. The Hall–Kier alpha value is -3.68. The van der Waals surface area contributed by atoms with Crippen LogP contribution in [-0.4, -0.2) is 41.0 Å². The van der Waals surface area contributed by atoms with E-state index in [1.165, 1.54) is 16.8 Å². The van der Waals surface area contributed by atoms with Gasteiger partial charge in [-0.05, 0) is 97.9 Å². The van der Waals surface area contributed by atoms with E-state index in [4.69, 9.17) is 21.9 Å². The molecule has 2 saturated heterocycles. The number of aryl methyl sites for hydroxylation is 2. The molecule has 37 heavy (non-hydrogen) atoms. The van der Waals surface area contributed by atoms with E-state index in [0.717, 1.165) is 49.1 Å². The lowest BCUT2D eigenvalue weighted by Gasteiger charge is -2.31. The summed E-state index contributed by atoms with van der Waals surface area (Å²) in [6.45, 7) is 7.67. The standard InChI is InChI=1S/C30H31N5OS/c1-21-8-9-25(20-22(21)2)34-15-5-7-27(34)29-28(26-6-3-4-14-31-26)32-30(37)35(29)24-12-10-23(11-13-24)33-16-18-36-19-17-33/h3-15,20,28-29H,16-19H2,1-2H3,(H,32,37)/t28-,29+/m0/s1. The highest BCUT2D eigenvalue weighted by atomic mass is 32.1. The fraction of sp³-hybridized carbons (Fsp3) is 0.267. The van der Waals surface area contributed by atoms with Gasteiger partial charge in [-0.2, -0.15) is 0 Å². The number of hydrogen-bond donors (Lipinski definition) is 1. The van der Waals surface area contributed by atoms with Gasteiger partial charge in [0, 0.05) is 48.2 Å². The Kier molecular flexibility index (Phi) is 6.40. The first-order chi connectivity index (χ1) is 18.1. The molecule has 0 spiro atoms. The molecule has 0 amide bonds. The molecule has 0 bridgehead atoms. The Morgan fingerprint density at radius 2 is 1.62 bits per heavy atom. The number of nitrogens with one attached hydrogen (secondary N) is 1. The van der Waals surface area contributed by atoms with Gasteiger partial charge >= 0.3 is 0 Å². The first-order valence-corrected chi connectivity index (χ1v) is 13.2. The minimum atomic E-state index is -0.0900. The van der Waals surface area contributed by atoms with Crippen molar-refractivity contribution in [3.8, 4) is 5.69 Å². The molecule has 0 unspecified atom stereocenters. The molecule has 2 aromatic heterocycles. The van der Waals surface area contributed by atoms with Crippen LogP contribution in [0.4, 0.5) is 11.4 Å². The third kappa shape index (κ3) is 4.49. The van der Waals surface area contributed by atoms with Crippen LogP contribution >= 0.6 is 12.2 Å². The Bertz CT molecular complexity index is 1400. The van der Waals surface area contributed by atoms with Crippen LogP contribution in [0.5, 0.6) is 0 Å². The summed E-state index contributed by atoms with van der Waals surface area (Å²) in [5, 5.41) is 4.29. The Morgan fingerprint density at radius 1 is 0.865 bits per heavy atom. The fourth-order valence-corrected chi connectivity index (χ4v) is 5.67. The number of hydrogen-bond acceptors (Lipinski definition) is 4. The van der Waals surface area contributed by atoms with E-state index < -0.39 is 0 Å². The Labute approximate surface area is 223 Å². The summed E-state index contributed by atoms with van der Waals surface area (Å²) in [6.07, 6.45) is 3.98. The molecule has 2 aromatic carbocycles. The Balaban J connectivity index is 1.42. The summed E-state index contributed by atoms with van der Waals surface area (Å²) >= 11 is 5.96. The van der Waals surface area contributed by atoms with Gasteiger partial charge in [0.2, 0.25) is 0 Å². The topological polar surface area (TPSA) is 45.6 Å². The van der Waals surface area contributed by atoms with Crippen molar-refractivity contribution in [3.05, 3.63) is 108 Å². The number of morpholine rings is 1. The number of aromatic nitrogens is 2. The maximum absolute atomic E-state index is 5.96. The van der Waals surface area contributed by atoms with E-state index in [1.54, 1.807) is 0 Å². The van der Waals surface area contributed by atoms with Crippen molar-refractivity contribution in [1.29, 1.82) is 0 Å². The van der Waals surface area contributed by atoms with Crippen LogP contribution in [0.1, 0.15) is 34.6 Å². The van der Waals surface area contributed by atoms with Gasteiger partial charge < -0.3 is 24.4 Å². The van der Waals surface area contributed by atoms with Crippen molar-refractivity contribution in [1.82, 2.24) is 14.9 Å². The number of ether oxygens (including phenoxy) is 1. The van der Waals surface area contributed by atoms with E-state index in [2.05, 4.69) is 100 Å². The molecule has 1 N–H and O–H groups in total. The van der Waals surface area contributed by atoms with Gasteiger partial charge in [-0.3, -0.25) is 4.98 Å². The first-order valence-electron chi connectivity index (χ1n) is 12.8. The van der Waals surface area contributed by atoms with E-state index in [9.17, 15) is 0 Å². The summed E-state index contributed by atoms with van der Waals surface area (Å²) in [5.74, 6) is 0. The normalized spacial score (nSPS) is 19.8. The van der Waals surface area contributed by atoms with Gasteiger partial charge in [0.05, 0.1) is 24.9 Å². The number of benzene rings is 2. The van der Waals surface area contributed by atoms with Crippen LogP contribution in [0.25, 0.3) is 5.69 Å². The van der Waals surface area contributed by atoms with Crippen molar-refractivity contribution in [3.63, 3.8) is 0 Å². The van der Waals surface area contributed by atoms with E-state index in [1.807, 2.05) is 18.3 Å². The third-order valence-corrected chi connectivity index (χ3v) is 7.77. The molecule has 0 saturated carbocycles. The van der Waals surface area contributed by atoms with Crippen molar-refractivity contribution in [2.75, 3.05) is 36.1 Å². The zero-order valence-electron chi connectivity index (χ0n) is 21.2. The second-order valence-corrected chi connectivity index (χ2v) is 10.1. The predicted octanol–water partition coefficient (Wildman–Crippen LogP) is 5.50. The van der Waals surface area contributed by atoms with Crippen molar-refractivity contribution in [2.45, 2.75) is 25.9 Å². The second-order valence-electron chi connectivity index (χ2n) is 9.68. The summed E-state index contributed by atoms with van der Waals surface area (Å²) in [5.41, 5.74) is 8.10. The number of thiocarbonyl (C=S) groups is 1. The maximum atomic E-state index is 5.96. The smallest absolute Gasteiger partial charge is 0.174 e. The largest absolute Gasteiger partial charge is 0.378 e. The minimum Gasteiger partial charge on any atom is -0.378 e. The molecule has 2 fully saturated rings. The molecule has 6 nitrogen and oxygen atoms in total. The highest BCUT2D eigenvalue weighted by molar-refractivity contribution is 7.80. The molecular formula is C30H31N5OS. The number of pyridine rings is 1. The van der Waals surface area contributed by atoms with Crippen LogP contribution in [0.2, 0.25) is 0 Å². The highest BCUT2D eigenvalue weighted by Crippen LogP contribution is 2.42. The number of nitrogens with zero attached hydrogens (tertiary/aromatic N) is 4. The van der Waals surface area contributed by atoms with E-state index in [-0.39, 0.29) is 12.1 Å². The summed E-state index contributed by atoms with van der Waals surface area (Å²) in [4.78, 5) is 9.32. The molecule has 0 aliphatic carbocycles. The third-order valence-electron chi connectivity index (χ3n) is 7.45. The zero-order chi connectivity index (χ0) is 25.4. The fourth-order valence-electron chi connectivity index (χ4n) is 5.32. The van der Waals surface area contributed by atoms with Gasteiger partial charge in [-0.1, -0.05) is 12.1 Å². The molecule has 188 valence electrons. The molecule has 6 rings (SSSR count). The van der Waals surface area contributed by atoms with Gasteiger partial charge in [0.15, 0.2) is 5.11 Å². The van der Waals surface area contributed by atoms with Gasteiger partial charge in [0.1, 0.15) is 6.04 Å². The maximum Gasteiger partial charge on any atom is 0.174 e. The number of anilines is 2. The summed E-state index contributed by atoms with van der Waals surface area (Å²) in [6, 6.07) is 25.5. The lowest BCUT2D eigenvalue weighted by Crippen LogP contribution is -2.36. The first kappa shape index (κ1) is 23.7. The van der Waals surface area contributed by atoms with Crippen LogP contribution in [0, 0.1) is 13.8 Å². The second kappa shape index (κ2) is 10.00. The predicted molar refractivity (Wildman–Crippen MR) is 153 cm³/mol. The molecular weight excluding hydrogens is 478 g/mol. The average molecular weight is 510 g/mol. The van der Waals surface area contributed by atoms with Crippen LogP contribution in [-0.2, 0) is 4.74 Å².